The maximum atomic E-state index is 13.3. The number of hydrogen-bond donors (Lipinski definition) is 1. The van der Waals surface area contributed by atoms with Gasteiger partial charge in [0.1, 0.15) is 5.75 Å². The molecule has 2 aromatic rings. The van der Waals surface area contributed by atoms with Crippen LogP contribution in [0.2, 0.25) is 0 Å². The fourth-order valence-electron chi connectivity index (χ4n) is 3.65. The standard InChI is InChI=1S/C21H23N3O3S/c1-21(19(25)22-15-7-3-6-10-18(15)28-21)20(26)24-13-11-23(12-14-24)16-8-4-5-9-17(16)27-2/h3-10H,11-14H2,1-2H3,(H,22,25). The van der Waals surface area contributed by atoms with E-state index in [0.717, 1.165) is 22.0 Å². The molecule has 6 nitrogen and oxygen atoms in total. The van der Waals surface area contributed by atoms with Crippen LogP contribution in [0.5, 0.6) is 5.75 Å². The predicted octanol–water partition coefficient (Wildman–Crippen LogP) is 2.85. The summed E-state index contributed by atoms with van der Waals surface area (Å²) in [5, 5.41) is 2.89. The number of piperazine rings is 1. The Morgan fingerprint density at radius 1 is 1.07 bits per heavy atom. The first kappa shape index (κ1) is 18.7. The number of amides is 2. The number of anilines is 2. The second kappa shape index (κ2) is 7.39. The van der Waals surface area contributed by atoms with Gasteiger partial charge in [-0.25, -0.2) is 0 Å². The lowest BCUT2D eigenvalue weighted by Crippen LogP contribution is -2.58. The molecule has 0 bridgehead atoms. The molecule has 0 aromatic heterocycles. The molecule has 2 heterocycles. The van der Waals surface area contributed by atoms with Crippen LogP contribution in [0.15, 0.2) is 53.4 Å². The number of hydrogen-bond acceptors (Lipinski definition) is 5. The van der Waals surface area contributed by atoms with Crippen molar-refractivity contribution in [3.8, 4) is 5.75 Å². The highest BCUT2D eigenvalue weighted by Gasteiger charge is 2.48. The van der Waals surface area contributed by atoms with Gasteiger partial charge in [0.2, 0.25) is 11.8 Å². The summed E-state index contributed by atoms with van der Waals surface area (Å²) in [5.41, 5.74) is 1.80. The molecule has 0 saturated carbocycles. The molecule has 1 saturated heterocycles. The van der Waals surface area contributed by atoms with E-state index >= 15 is 0 Å². The first-order valence-electron chi connectivity index (χ1n) is 9.30. The highest BCUT2D eigenvalue weighted by molar-refractivity contribution is 8.02. The molecule has 146 valence electrons. The molecule has 2 aromatic carbocycles. The summed E-state index contributed by atoms with van der Waals surface area (Å²) >= 11 is 1.34. The Morgan fingerprint density at radius 2 is 1.75 bits per heavy atom. The Balaban J connectivity index is 1.48. The third-order valence-corrected chi connectivity index (χ3v) is 6.63. The average molecular weight is 398 g/mol. The Labute approximate surface area is 168 Å². The molecule has 2 aliphatic rings. The minimum Gasteiger partial charge on any atom is -0.495 e. The summed E-state index contributed by atoms with van der Waals surface area (Å²) in [6, 6.07) is 15.5. The molecule has 4 rings (SSSR count). The van der Waals surface area contributed by atoms with Gasteiger partial charge in [-0.2, -0.15) is 0 Å². The van der Waals surface area contributed by atoms with Crippen LogP contribution in [0, 0.1) is 0 Å². The number of nitrogens with zero attached hydrogens (tertiary/aromatic N) is 2. The molecular formula is C21H23N3O3S. The van der Waals surface area contributed by atoms with Crippen LogP contribution in [0.3, 0.4) is 0 Å². The summed E-state index contributed by atoms with van der Waals surface area (Å²) < 4.78 is 4.30. The van der Waals surface area contributed by atoms with Crippen LogP contribution in [0.25, 0.3) is 0 Å². The second-order valence-corrected chi connectivity index (χ2v) is 8.50. The van der Waals surface area contributed by atoms with Crippen molar-refractivity contribution in [2.24, 2.45) is 0 Å². The monoisotopic (exact) mass is 397 g/mol. The molecule has 0 aliphatic carbocycles. The summed E-state index contributed by atoms with van der Waals surface area (Å²) in [4.78, 5) is 30.9. The molecular weight excluding hydrogens is 374 g/mol. The molecule has 7 heteroatoms. The Morgan fingerprint density at radius 3 is 2.50 bits per heavy atom. The molecule has 0 radical (unpaired) electrons. The van der Waals surface area contributed by atoms with Crippen LogP contribution < -0.4 is 15.0 Å². The molecule has 1 atom stereocenters. The summed E-state index contributed by atoms with van der Waals surface area (Å²) in [7, 11) is 1.66. The summed E-state index contributed by atoms with van der Waals surface area (Å²) in [6.07, 6.45) is 0. The minimum absolute atomic E-state index is 0.135. The number of ether oxygens (including phenoxy) is 1. The predicted molar refractivity (Wildman–Crippen MR) is 111 cm³/mol. The van der Waals surface area contributed by atoms with Crippen LogP contribution >= 0.6 is 11.8 Å². The minimum atomic E-state index is -1.15. The Hall–Kier alpha value is -2.67. The van der Waals surface area contributed by atoms with Gasteiger partial charge in [-0.1, -0.05) is 36.0 Å². The number of fused-ring (bicyclic) bond motifs is 1. The molecule has 1 fully saturated rings. The van der Waals surface area contributed by atoms with E-state index < -0.39 is 4.75 Å². The lowest BCUT2D eigenvalue weighted by Gasteiger charge is -2.41. The maximum absolute atomic E-state index is 13.3. The first-order valence-corrected chi connectivity index (χ1v) is 10.1. The first-order chi connectivity index (χ1) is 13.5. The topological polar surface area (TPSA) is 61.9 Å². The lowest BCUT2D eigenvalue weighted by atomic mass is 10.1. The number of thioether (sulfide) groups is 1. The zero-order valence-corrected chi connectivity index (χ0v) is 16.8. The van der Waals surface area contributed by atoms with Crippen molar-refractivity contribution < 1.29 is 14.3 Å². The van der Waals surface area contributed by atoms with E-state index in [1.165, 1.54) is 11.8 Å². The van der Waals surface area contributed by atoms with Gasteiger partial charge in [-0.15, -0.1) is 0 Å². The Bertz CT molecular complexity index is 911. The van der Waals surface area contributed by atoms with E-state index in [1.807, 2.05) is 48.5 Å². The summed E-state index contributed by atoms with van der Waals surface area (Å²) in [6.45, 7) is 4.26. The number of rotatable bonds is 3. The van der Waals surface area contributed by atoms with Gasteiger partial charge < -0.3 is 19.9 Å². The molecule has 2 amide bonds. The maximum Gasteiger partial charge on any atom is 0.250 e. The molecule has 1 unspecified atom stereocenters. The van der Waals surface area contributed by atoms with Crippen molar-refractivity contribution in [2.75, 3.05) is 43.5 Å². The highest BCUT2D eigenvalue weighted by Crippen LogP contribution is 2.43. The number of carbonyl (C=O) groups excluding carboxylic acids is 2. The van der Waals surface area contributed by atoms with E-state index in [1.54, 1.807) is 18.9 Å². The third kappa shape index (κ3) is 3.20. The van der Waals surface area contributed by atoms with Crippen molar-refractivity contribution >= 4 is 35.0 Å². The van der Waals surface area contributed by atoms with Gasteiger partial charge >= 0.3 is 0 Å². The van der Waals surface area contributed by atoms with Crippen LogP contribution in [0.1, 0.15) is 6.92 Å². The molecule has 0 spiro atoms. The van der Waals surface area contributed by atoms with Gasteiger partial charge in [0.25, 0.3) is 0 Å². The summed E-state index contributed by atoms with van der Waals surface area (Å²) in [5.74, 6) is 0.436. The molecule has 28 heavy (non-hydrogen) atoms. The van der Waals surface area contributed by atoms with Crippen molar-refractivity contribution in [3.05, 3.63) is 48.5 Å². The number of carbonyl (C=O) groups is 2. The van der Waals surface area contributed by atoms with Gasteiger partial charge in [0, 0.05) is 31.1 Å². The smallest absolute Gasteiger partial charge is 0.250 e. The number of methoxy groups -OCH3 is 1. The van der Waals surface area contributed by atoms with Crippen LogP contribution in [-0.2, 0) is 9.59 Å². The van der Waals surface area contributed by atoms with Gasteiger partial charge in [0.15, 0.2) is 4.75 Å². The zero-order chi connectivity index (χ0) is 19.7. The Kier molecular flexibility index (Phi) is 4.93. The largest absolute Gasteiger partial charge is 0.495 e. The number of nitrogens with one attached hydrogen (secondary N) is 1. The van der Waals surface area contributed by atoms with Gasteiger partial charge in [-0.3, -0.25) is 9.59 Å². The number of benzene rings is 2. The molecule has 1 N–H and O–H groups in total. The van der Waals surface area contributed by atoms with E-state index in [4.69, 9.17) is 4.74 Å². The van der Waals surface area contributed by atoms with Crippen molar-refractivity contribution in [3.63, 3.8) is 0 Å². The second-order valence-electron chi connectivity index (χ2n) is 7.04. The number of para-hydroxylation sites is 3. The van der Waals surface area contributed by atoms with Crippen LogP contribution in [0.4, 0.5) is 11.4 Å². The zero-order valence-electron chi connectivity index (χ0n) is 16.0. The van der Waals surface area contributed by atoms with E-state index in [-0.39, 0.29) is 11.8 Å². The highest BCUT2D eigenvalue weighted by atomic mass is 32.2. The fourth-order valence-corrected chi connectivity index (χ4v) is 4.83. The van der Waals surface area contributed by atoms with Crippen LogP contribution in [-0.4, -0.2) is 54.8 Å². The lowest BCUT2D eigenvalue weighted by molar-refractivity contribution is -0.137. The van der Waals surface area contributed by atoms with Crippen molar-refractivity contribution in [1.82, 2.24) is 4.90 Å². The average Bonchev–Trinajstić information content (AvgIpc) is 2.74. The van der Waals surface area contributed by atoms with Gasteiger partial charge in [0.05, 0.1) is 18.5 Å². The SMILES string of the molecule is COc1ccccc1N1CCN(C(=O)C2(C)Sc3ccccc3NC2=O)CC1. The van der Waals surface area contributed by atoms with Gasteiger partial charge in [-0.05, 0) is 31.2 Å². The quantitative estimate of drug-likeness (QED) is 0.807. The fraction of sp³-hybridized carbons (Fsp3) is 0.333. The third-order valence-electron chi connectivity index (χ3n) is 5.28. The van der Waals surface area contributed by atoms with E-state index in [9.17, 15) is 9.59 Å². The van der Waals surface area contributed by atoms with E-state index in [0.29, 0.717) is 26.2 Å². The molecule has 2 aliphatic heterocycles. The van der Waals surface area contributed by atoms with Crippen molar-refractivity contribution in [2.45, 2.75) is 16.6 Å². The van der Waals surface area contributed by atoms with Crippen molar-refractivity contribution in [1.29, 1.82) is 0 Å². The normalized spacial score (nSPS) is 21.7. The van der Waals surface area contributed by atoms with E-state index in [2.05, 4.69) is 10.2 Å².